The predicted octanol–water partition coefficient (Wildman–Crippen LogP) is 5.54. The van der Waals surface area contributed by atoms with E-state index in [2.05, 4.69) is 35.4 Å². The van der Waals surface area contributed by atoms with Crippen molar-refractivity contribution < 1.29 is 4.74 Å². The van der Waals surface area contributed by atoms with Crippen LogP contribution in [0.5, 0.6) is 5.75 Å². The van der Waals surface area contributed by atoms with E-state index in [-0.39, 0.29) is 0 Å². The molecule has 3 aromatic rings. The Morgan fingerprint density at radius 2 is 1.94 bits per heavy atom. The number of nitrogens with zero attached hydrogens (tertiary/aromatic N) is 4. The maximum absolute atomic E-state index is 5.62. The summed E-state index contributed by atoms with van der Waals surface area (Å²) in [5.41, 5.74) is 5.84. The second-order valence-electron chi connectivity index (χ2n) is 9.01. The molecule has 5 heteroatoms. The fraction of sp³-hybridized carbons (Fsp3) is 0.444. The molecule has 1 aliphatic heterocycles. The highest BCUT2D eigenvalue weighted by atomic mass is 16.5. The van der Waals surface area contributed by atoms with Crippen molar-refractivity contribution in [2.24, 2.45) is 0 Å². The molecule has 5 rings (SSSR count). The molecule has 3 heterocycles. The average Bonchev–Trinajstić information content (AvgIpc) is 2.85. The second-order valence-corrected chi connectivity index (χ2v) is 9.01. The third-order valence-corrected chi connectivity index (χ3v) is 6.67. The van der Waals surface area contributed by atoms with Gasteiger partial charge in [0.25, 0.3) is 0 Å². The van der Waals surface area contributed by atoms with Gasteiger partial charge in [-0.1, -0.05) is 37.5 Å². The van der Waals surface area contributed by atoms with Crippen LogP contribution in [0.1, 0.15) is 67.6 Å². The van der Waals surface area contributed by atoms with Crippen LogP contribution in [-0.4, -0.2) is 33.0 Å². The summed E-state index contributed by atoms with van der Waals surface area (Å²) in [5.74, 6) is 2.55. The summed E-state index contributed by atoms with van der Waals surface area (Å²) >= 11 is 0. The van der Waals surface area contributed by atoms with E-state index in [0.717, 1.165) is 48.9 Å². The van der Waals surface area contributed by atoms with Gasteiger partial charge in [0.2, 0.25) is 0 Å². The van der Waals surface area contributed by atoms with Crippen LogP contribution in [0.2, 0.25) is 0 Å². The fourth-order valence-electron chi connectivity index (χ4n) is 4.94. The highest BCUT2D eigenvalue weighted by molar-refractivity contribution is 5.61. The fourth-order valence-corrected chi connectivity index (χ4v) is 4.94. The van der Waals surface area contributed by atoms with Crippen LogP contribution in [0.15, 0.2) is 48.8 Å². The molecule has 1 aliphatic carbocycles. The summed E-state index contributed by atoms with van der Waals surface area (Å²) in [4.78, 5) is 16.9. The summed E-state index contributed by atoms with van der Waals surface area (Å²) in [7, 11) is 0. The Hall–Kier alpha value is -2.79. The first kappa shape index (κ1) is 21.1. The number of benzene rings is 1. The van der Waals surface area contributed by atoms with E-state index in [4.69, 9.17) is 19.7 Å². The van der Waals surface area contributed by atoms with Gasteiger partial charge in [0.05, 0.1) is 12.3 Å². The Labute approximate surface area is 190 Å². The summed E-state index contributed by atoms with van der Waals surface area (Å²) in [6, 6.07) is 12.4. The maximum atomic E-state index is 5.62. The number of aromatic nitrogens is 3. The standard InChI is InChI=1S/C27H32N4O/c1-2-32-24-10-6-9-22(15-24)25-12-11-20(16-28-25)18-31-14-13-26-23(19-31)17-29-27(30-26)21-7-4-3-5-8-21/h6,9-12,15-17,21H,2-5,7-8,13-14,18-19H2,1H3. The highest BCUT2D eigenvalue weighted by Crippen LogP contribution is 2.31. The van der Waals surface area contributed by atoms with Crippen molar-refractivity contribution >= 4 is 0 Å². The molecule has 0 radical (unpaired) electrons. The van der Waals surface area contributed by atoms with Gasteiger partial charge in [-0.2, -0.15) is 0 Å². The number of ether oxygens (including phenoxy) is 1. The minimum absolute atomic E-state index is 0.575. The Morgan fingerprint density at radius 3 is 2.75 bits per heavy atom. The Morgan fingerprint density at radius 1 is 1.03 bits per heavy atom. The lowest BCUT2D eigenvalue weighted by molar-refractivity contribution is 0.242. The first-order chi connectivity index (χ1) is 15.8. The third-order valence-electron chi connectivity index (χ3n) is 6.67. The van der Waals surface area contributed by atoms with Crippen LogP contribution < -0.4 is 4.74 Å². The van der Waals surface area contributed by atoms with Gasteiger partial charge in [-0.25, -0.2) is 9.97 Å². The van der Waals surface area contributed by atoms with Crippen LogP contribution in [0.25, 0.3) is 11.3 Å². The Bertz CT molecular complexity index is 1040. The van der Waals surface area contributed by atoms with Gasteiger partial charge in [0, 0.05) is 61.2 Å². The molecule has 0 amide bonds. The molecule has 0 spiro atoms. The van der Waals surface area contributed by atoms with E-state index < -0.39 is 0 Å². The van der Waals surface area contributed by atoms with Crippen LogP contribution in [0.3, 0.4) is 0 Å². The molecule has 0 unspecified atom stereocenters. The number of rotatable bonds is 6. The number of pyridine rings is 1. The third kappa shape index (κ3) is 4.83. The zero-order valence-electron chi connectivity index (χ0n) is 19.0. The van der Waals surface area contributed by atoms with Crippen LogP contribution in [-0.2, 0) is 19.5 Å². The molecule has 5 nitrogen and oxygen atoms in total. The van der Waals surface area contributed by atoms with Crippen molar-refractivity contribution in [1.82, 2.24) is 19.9 Å². The molecule has 1 saturated carbocycles. The average molecular weight is 429 g/mol. The maximum Gasteiger partial charge on any atom is 0.131 e. The van der Waals surface area contributed by atoms with Crippen molar-refractivity contribution in [1.29, 1.82) is 0 Å². The van der Waals surface area contributed by atoms with Crippen molar-refractivity contribution in [2.75, 3.05) is 13.2 Å². The van der Waals surface area contributed by atoms with Gasteiger partial charge in [0.1, 0.15) is 11.6 Å². The van der Waals surface area contributed by atoms with Gasteiger partial charge < -0.3 is 4.74 Å². The lowest BCUT2D eigenvalue weighted by atomic mass is 9.88. The lowest BCUT2D eigenvalue weighted by Crippen LogP contribution is -2.31. The molecule has 0 N–H and O–H groups in total. The molecule has 32 heavy (non-hydrogen) atoms. The van der Waals surface area contributed by atoms with E-state index >= 15 is 0 Å². The van der Waals surface area contributed by atoms with E-state index in [1.807, 2.05) is 25.3 Å². The van der Waals surface area contributed by atoms with Crippen molar-refractivity contribution in [3.8, 4) is 17.0 Å². The van der Waals surface area contributed by atoms with Crippen molar-refractivity contribution in [3.05, 3.63) is 71.4 Å². The summed E-state index contributed by atoms with van der Waals surface area (Å²) in [6.07, 6.45) is 11.6. The SMILES string of the molecule is CCOc1cccc(-c2ccc(CN3CCc4nc(C5CCCCC5)ncc4C3)cn2)c1. The number of hydrogen-bond acceptors (Lipinski definition) is 5. The molecular weight excluding hydrogens is 396 g/mol. The smallest absolute Gasteiger partial charge is 0.131 e. The largest absolute Gasteiger partial charge is 0.494 e. The molecule has 0 atom stereocenters. The summed E-state index contributed by atoms with van der Waals surface area (Å²) in [6.45, 7) is 5.52. The van der Waals surface area contributed by atoms with Crippen LogP contribution in [0.4, 0.5) is 0 Å². The normalized spacial score (nSPS) is 17.2. The quantitative estimate of drug-likeness (QED) is 0.516. The van der Waals surface area contributed by atoms with E-state index in [1.165, 1.54) is 48.9 Å². The monoisotopic (exact) mass is 428 g/mol. The van der Waals surface area contributed by atoms with Crippen LogP contribution in [0, 0.1) is 0 Å². The molecule has 2 aliphatic rings. The lowest BCUT2D eigenvalue weighted by Gasteiger charge is -2.29. The first-order valence-electron chi connectivity index (χ1n) is 12.0. The Balaban J connectivity index is 1.22. The van der Waals surface area contributed by atoms with Crippen LogP contribution >= 0.6 is 0 Å². The number of hydrogen-bond donors (Lipinski definition) is 0. The molecule has 0 bridgehead atoms. The van der Waals surface area contributed by atoms with E-state index in [9.17, 15) is 0 Å². The van der Waals surface area contributed by atoms with E-state index in [1.54, 1.807) is 0 Å². The Kier molecular flexibility index (Phi) is 6.44. The topological polar surface area (TPSA) is 51.1 Å². The van der Waals surface area contributed by atoms with Gasteiger partial charge in [-0.15, -0.1) is 0 Å². The number of fused-ring (bicyclic) bond motifs is 1. The molecule has 2 aromatic heterocycles. The van der Waals surface area contributed by atoms with Gasteiger partial charge in [-0.3, -0.25) is 9.88 Å². The summed E-state index contributed by atoms with van der Waals surface area (Å²) < 4.78 is 5.62. The molecule has 166 valence electrons. The molecular formula is C27H32N4O. The van der Waals surface area contributed by atoms with Gasteiger partial charge >= 0.3 is 0 Å². The highest BCUT2D eigenvalue weighted by Gasteiger charge is 2.22. The summed E-state index contributed by atoms with van der Waals surface area (Å²) in [5, 5.41) is 0. The minimum atomic E-state index is 0.575. The van der Waals surface area contributed by atoms with Crippen molar-refractivity contribution in [3.63, 3.8) is 0 Å². The zero-order valence-corrected chi connectivity index (χ0v) is 19.0. The zero-order chi connectivity index (χ0) is 21.8. The minimum Gasteiger partial charge on any atom is -0.494 e. The van der Waals surface area contributed by atoms with Crippen molar-refractivity contribution in [2.45, 2.75) is 64.5 Å². The predicted molar refractivity (Wildman–Crippen MR) is 127 cm³/mol. The van der Waals surface area contributed by atoms with E-state index in [0.29, 0.717) is 12.5 Å². The molecule has 0 saturated heterocycles. The molecule has 1 fully saturated rings. The second kappa shape index (κ2) is 9.78. The van der Waals surface area contributed by atoms with Gasteiger partial charge in [-0.05, 0) is 43.5 Å². The first-order valence-corrected chi connectivity index (χ1v) is 12.0. The van der Waals surface area contributed by atoms with Gasteiger partial charge in [0.15, 0.2) is 0 Å². The molecule has 1 aromatic carbocycles.